The van der Waals surface area contributed by atoms with Gasteiger partial charge in [0.15, 0.2) is 0 Å². The van der Waals surface area contributed by atoms with Crippen molar-refractivity contribution in [2.45, 2.75) is 64.2 Å². The van der Waals surface area contributed by atoms with Crippen molar-refractivity contribution in [2.24, 2.45) is 22.7 Å². The van der Waals surface area contributed by atoms with Crippen molar-refractivity contribution >= 4 is 11.9 Å². The van der Waals surface area contributed by atoms with Crippen molar-refractivity contribution in [3.8, 4) is 0 Å². The van der Waals surface area contributed by atoms with Crippen LogP contribution in [0.3, 0.4) is 0 Å². The van der Waals surface area contributed by atoms with Crippen LogP contribution in [0.5, 0.6) is 0 Å². The predicted molar refractivity (Wildman–Crippen MR) is 120 cm³/mol. The minimum absolute atomic E-state index is 0.0919. The number of nitrogens with zero attached hydrogens (tertiary/aromatic N) is 2. The fourth-order valence-corrected chi connectivity index (χ4v) is 7.09. The highest BCUT2D eigenvalue weighted by atomic mass is 16.4. The van der Waals surface area contributed by atoms with E-state index in [0.717, 1.165) is 44.9 Å². The first kappa shape index (κ1) is 22.4. The number of aryl methyl sites for hydroxylation is 2. The van der Waals surface area contributed by atoms with Crippen LogP contribution >= 0.6 is 0 Å². The van der Waals surface area contributed by atoms with E-state index in [2.05, 4.69) is 34.2 Å². The molecule has 2 N–H and O–H groups in total. The van der Waals surface area contributed by atoms with Crippen LogP contribution in [0.15, 0.2) is 49.1 Å². The molecule has 0 atom stereocenters. The number of carbonyl (C=O) groups is 2. The molecule has 0 unspecified atom stereocenters. The second kappa shape index (κ2) is 9.39. The molecule has 2 aromatic rings. The number of aromatic nitrogens is 2. The van der Waals surface area contributed by atoms with E-state index in [4.69, 9.17) is 10.2 Å². The monoisotopic (exact) mass is 436 g/mol. The summed E-state index contributed by atoms with van der Waals surface area (Å²) in [5.41, 5.74) is 2.48. The van der Waals surface area contributed by atoms with E-state index in [1.807, 2.05) is 24.8 Å². The molecule has 4 saturated carbocycles. The van der Waals surface area contributed by atoms with Crippen LogP contribution in [0.25, 0.3) is 0 Å². The largest absolute Gasteiger partial charge is 0.481 e. The Balaban J connectivity index is 0.000000158. The highest BCUT2D eigenvalue weighted by molar-refractivity contribution is 5.69. The summed E-state index contributed by atoms with van der Waals surface area (Å²) in [4.78, 5) is 30.2. The zero-order valence-corrected chi connectivity index (χ0v) is 18.4. The van der Waals surface area contributed by atoms with Gasteiger partial charge >= 0.3 is 11.9 Å². The molecular weight excluding hydrogens is 404 g/mol. The van der Waals surface area contributed by atoms with E-state index in [9.17, 15) is 9.59 Å². The molecule has 0 aromatic carbocycles. The van der Waals surface area contributed by atoms with Crippen molar-refractivity contribution in [3.05, 3.63) is 60.2 Å². The van der Waals surface area contributed by atoms with Gasteiger partial charge in [0.25, 0.3) is 0 Å². The van der Waals surface area contributed by atoms with Crippen molar-refractivity contribution in [1.29, 1.82) is 0 Å². The maximum absolute atomic E-state index is 11.1. The molecule has 6 rings (SSSR count). The molecule has 170 valence electrons. The summed E-state index contributed by atoms with van der Waals surface area (Å²) in [5, 5.41) is 18.2. The maximum atomic E-state index is 11.1. The Kier molecular flexibility index (Phi) is 6.58. The second-order valence-electron chi connectivity index (χ2n) is 10.3. The summed E-state index contributed by atoms with van der Waals surface area (Å²) >= 11 is 0. The number of hydrogen-bond acceptors (Lipinski definition) is 4. The summed E-state index contributed by atoms with van der Waals surface area (Å²) in [6.07, 6.45) is 16.0. The molecule has 4 bridgehead atoms. The molecule has 0 radical (unpaired) electrons. The van der Waals surface area contributed by atoms with Crippen molar-refractivity contribution < 1.29 is 19.8 Å². The van der Waals surface area contributed by atoms with Crippen LogP contribution in [-0.4, -0.2) is 32.1 Å². The number of aliphatic carboxylic acids is 2. The van der Waals surface area contributed by atoms with Crippen LogP contribution in [0.1, 0.15) is 62.5 Å². The van der Waals surface area contributed by atoms with E-state index >= 15 is 0 Å². The third kappa shape index (κ3) is 5.53. The maximum Gasteiger partial charge on any atom is 0.303 e. The first-order valence-corrected chi connectivity index (χ1v) is 11.6. The average Bonchev–Trinajstić information content (AvgIpc) is 2.71. The van der Waals surface area contributed by atoms with Gasteiger partial charge in [0.1, 0.15) is 0 Å². The Morgan fingerprint density at radius 1 is 0.750 bits per heavy atom. The second-order valence-corrected chi connectivity index (χ2v) is 10.3. The van der Waals surface area contributed by atoms with Gasteiger partial charge in [-0.05, 0) is 109 Å². The third-order valence-electron chi connectivity index (χ3n) is 7.56. The fourth-order valence-electron chi connectivity index (χ4n) is 7.09. The Labute approximate surface area is 189 Å². The minimum atomic E-state index is -0.720. The molecule has 2 aromatic heterocycles. The van der Waals surface area contributed by atoms with E-state index in [1.54, 1.807) is 0 Å². The lowest BCUT2D eigenvalue weighted by Gasteiger charge is -2.61. The van der Waals surface area contributed by atoms with E-state index in [0.29, 0.717) is 11.8 Å². The Morgan fingerprint density at radius 2 is 1.12 bits per heavy atom. The number of pyridine rings is 2. The molecule has 6 heteroatoms. The zero-order chi connectivity index (χ0) is 22.6. The summed E-state index contributed by atoms with van der Waals surface area (Å²) in [6, 6.07) is 8.23. The number of rotatable bonds is 7. The quantitative estimate of drug-likeness (QED) is 0.648. The average molecular weight is 437 g/mol. The highest BCUT2D eigenvalue weighted by Gasteiger charge is 2.58. The fraction of sp³-hybridized carbons (Fsp3) is 0.538. The highest BCUT2D eigenvalue weighted by Crippen LogP contribution is 2.67. The topological polar surface area (TPSA) is 100 Å². The van der Waals surface area contributed by atoms with Gasteiger partial charge in [-0.1, -0.05) is 0 Å². The smallest absolute Gasteiger partial charge is 0.303 e. The van der Waals surface area contributed by atoms with Crippen LogP contribution in [0, 0.1) is 22.7 Å². The van der Waals surface area contributed by atoms with E-state index in [-0.39, 0.29) is 23.7 Å². The molecule has 4 aliphatic rings. The molecule has 6 nitrogen and oxygen atoms in total. The Bertz CT molecular complexity index is 844. The lowest BCUT2D eigenvalue weighted by molar-refractivity contribution is -0.160. The lowest BCUT2D eigenvalue weighted by atomic mass is 9.43. The van der Waals surface area contributed by atoms with Gasteiger partial charge in [0.05, 0.1) is 12.8 Å². The standard InChI is InChI=1S/C14H20O4.C12H12N2/c15-11(16)6-13-2-9-1-10(4-13)5-14(3-9,8-13)7-12(17)18;1(11-3-7-13-8-4-11)2-12-5-9-14-10-6-12/h9-10H,1-8H2,(H,15,16)(H,17,18);3-10H,1-2H2. The van der Waals surface area contributed by atoms with Gasteiger partial charge in [-0.15, -0.1) is 0 Å². The van der Waals surface area contributed by atoms with Gasteiger partial charge in [-0.25, -0.2) is 0 Å². The van der Waals surface area contributed by atoms with Crippen molar-refractivity contribution in [1.82, 2.24) is 9.97 Å². The summed E-state index contributed by atoms with van der Waals surface area (Å²) in [7, 11) is 0. The van der Waals surface area contributed by atoms with Crippen molar-refractivity contribution in [3.63, 3.8) is 0 Å². The zero-order valence-electron chi connectivity index (χ0n) is 18.4. The first-order valence-electron chi connectivity index (χ1n) is 11.6. The molecule has 4 aliphatic carbocycles. The van der Waals surface area contributed by atoms with Crippen LogP contribution in [0.2, 0.25) is 0 Å². The number of hydrogen-bond donors (Lipinski definition) is 2. The summed E-state index contributed by atoms with van der Waals surface area (Å²) < 4.78 is 0. The Hall–Kier alpha value is -2.76. The van der Waals surface area contributed by atoms with Gasteiger partial charge in [-0.3, -0.25) is 19.6 Å². The minimum Gasteiger partial charge on any atom is -0.481 e. The molecule has 32 heavy (non-hydrogen) atoms. The summed E-state index contributed by atoms with van der Waals surface area (Å²) in [6.45, 7) is 0. The first-order chi connectivity index (χ1) is 15.4. The summed E-state index contributed by atoms with van der Waals surface area (Å²) in [5.74, 6) is -0.292. The SMILES string of the molecule is O=C(O)CC12CC3CC(C1)CC(CC(=O)O)(C3)C2.c1cc(CCc2ccncc2)ccn1. The molecule has 2 heterocycles. The third-order valence-corrected chi connectivity index (χ3v) is 7.56. The van der Waals surface area contributed by atoms with E-state index in [1.165, 1.54) is 17.5 Å². The van der Waals surface area contributed by atoms with Gasteiger partial charge < -0.3 is 10.2 Å². The normalized spacial score (nSPS) is 29.8. The van der Waals surface area contributed by atoms with Gasteiger partial charge in [0, 0.05) is 24.8 Å². The molecular formula is C26H32N2O4. The molecule has 4 fully saturated rings. The molecule has 0 saturated heterocycles. The number of carboxylic acids is 2. The lowest BCUT2D eigenvalue weighted by Crippen LogP contribution is -2.53. The number of carboxylic acid groups (broad SMARTS) is 2. The van der Waals surface area contributed by atoms with Crippen LogP contribution < -0.4 is 0 Å². The molecule has 0 aliphatic heterocycles. The Morgan fingerprint density at radius 3 is 1.47 bits per heavy atom. The predicted octanol–water partition coefficient (Wildman–Crippen LogP) is 4.78. The molecule has 0 amide bonds. The van der Waals surface area contributed by atoms with Gasteiger partial charge in [0.2, 0.25) is 0 Å². The van der Waals surface area contributed by atoms with Crippen molar-refractivity contribution in [2.75, 3.05) is 0 Å². The van der Waals surface area contributed by atoms with Crippen LogP contribution in [0.4, 0.5) is 0 Å². The van der Waals surface area contributed by atoms with Gasteiger partial charge in [-0.2, -0.15) is 0 Å². The molecule has 0 spiro atoms. The van der Waals surface area contributed by atoms with E-state index < -0.39 is 11.9 Å². The van der Waals surface area contributed by atoms with Crippen LogP contribution in [-0.2, 0) is 22.4 Å².